The molecular weight excluding hydrogens is 454 g/mol. The molecule has 5 rings (SSSR count). The van der Waals surface area contributed by atoms with Gasteiger partial charge in [-0.2, -0.15) is 4.98 Å². The molecule has 4 aromatic rings. The van der Waals surface area contributed by atoms with Gasteiger partial charge in [-0.1, -0.05) is 17.7 Å². The van der Waals surface area contributed by atoms with Crippen LogP contribution in [0.2, 0.25) is 5.02 Å². The van der Waals surface area contributed by atoms with Gasteiger partial charge >= 0.3 is 5.69 Å². The van der Waals surface area contributed by atoms with E-state index in [2.05, 4.69) is 40.3 Å². The van der Waals surface area contributed by atoms with Crippen LogP contribution in [0.25, 0.3) is 16.9 Å². The van der Waals surface area contributed by atoms with E-state index in [0.717, 1.165) is 60.2 Å². The Bertz CT molecular complexity index is 1530. The van der Waals surface area contributed by atoms with Gasteiger partial charge in [-0.3, -0.25) is 23.2 Å². The van der Waals surface area contributed by atoms with Crippen molar-refractivity contribution in [3.8, 4) is 0 Å². The van der Waals surface area contributed by atoms with Gasteiger partial charge in [0.05, 0.1) is 0 Å². The lowest BCUT2D eigenvalue weighted by Gasteiger charge is -2.37. The van der Waals surface area contributed by atoms with Gasteiger partial charge in [0.1, 0.15) is 0 Å². The summed E-state index contributed by atoms with van der Waals surface area (Å²) in [6.07, 6.45) is 0. The molecule has 3 aromatic heterocycles. The molecule has 9 nitrogen and oxygen atoms in total. The van der Waals surface area contributed by atoms with Gasteiger partial charge in [0, 0.05) is 75.5 Å². The molecule has 0 atom stereocenters. The zero-order chi connectivity index (χ0) is 24.3. The van der Waals surface area contributed by atoms with E-state index in [1.54, 1.807) is 7.05 Å². The van der Waals surface area contributed by atoms with Gasteiger partial charge in [0.15, 0.2) is 11.2 Å². The van der Waals surface area contributed by atoms with Gasteiger partial charge < -0.3 is 9.47 Å². The van der Waals surface area contributed by atoms with E-state index in [1.165, 1.54) is 22.9 Å². The monoisotopic (exact) mass is 483 g/mol. The summed E-state index contributed by atoms with van der Waals surface area (Å²) in [5, 5.41) is 0.768. The van der Waals surface area contributed by atoms with Crippen LogP contribution in [-0.2, 0) is 20.6 Å². The summed E-state index contributed by atoms with van der Waals surface area (Å²) in [5.74, 6) is 0.705. The third kappa shape index (κ3) is 3.45. The fraction of sp³-hybridized carbons (Fsp3) is 0.458. The van der Waals surface area contributed by atoms with Crippen LogP contribution in [-0.4, -0.2) is 60.7 Å². The van der Waals surface area contributed by atoms with Crippen LogP contribution in [0, 0.1) is 20.8 Å². The van der Waals surface area contributed by atoms with Crippen molar-refractivity contribution in [3.63, 3.8) is 0 Å². The number of fused-ring (bicyclic) bond motifs is 3. The molecule has 1 aromatic carbocycles. The minimum absolute atomic E-state index is 0.321. The summed E-state index contributed by atoms with van der Waals surface area (Å²) in [6.45, 7) is 11.7. The smallest absolute Gasteiger partial charge is 0.332 e. The van der Waals surface area contributed by atoms with Crippen molar-refractivity contribution in [2.45, 2.75) is 27.3 Å². The molecule has 0 radical (unpaired) electrons. The Hall–Kier alpha value is -3.04. The first-order chi connectivity index (χ1) is 16.2. The molecule has 1 saturated heterocycles. The average Bonchev–Trinajstić information content (AvgIpc) is 3.32. The average molecular weight is 484 g/mol. The maximum atomic E-state index is 12.9. The third-order valence-electron chi connectivity index (χ3n) is 7.27. The molecule has 0 saturated carbocycles. The first-order valence-electron chi connectivity index (χ1n) is 11.6. The molecule has 0 N–H and O–H groups in total. The van der Waals surface area contributed by atoms with Crippen molar-refractivity contribution in [2.24, 2.45) is 14.1 Å². The van der Waals surface area contributed by atoms with Crippen LogP contribution in [0.3, 0.4) is 0 Å². The van der Waals surface area contributed by atoms with Crippen LogP contribution in [0.5, 0.6) is 0 Å². The molecule has 1 fully saturated rings. The largest absolute Gasteiger partial charge is 0.369 e. The highest BCUT2D eigenvalue weighted by atomic mass is 35.5. The van der Waals surface area contributed by atoms with Crippen LogP contribution in [0.15, 0.2) is 27.8 Å². The van der Waals surface area contributed by atoms with E-state index in [-0.39, 0.29) is 11.2 Å². The van der Waals surface area contributed by atoms with Crippen molar-refractivity contribution in [1.29, 1.82) is 0 Å². The molecule has 180 valence electrons. The fourth-order valence-electron chi connectivity index (χ4n) is 5.03. The Balaban J connectivity index is 1.39. The lowest BCUT2D eigenvalue weighted by Crippen LogP contribution is -2.47. The van der Waals surface area contributed by atoms with Gasteiger partial charge in [-0.05, 0) is 38.5 Å². The number of anilines is 1. The highest BCUT2D eigenvalue weighted by molar-refractivity contribution is 6.30. The number of benzene rings is 1. The van der Waals surface area contributed by atoms with Crippen molar-refractivity contribution < 1.29 is 0 Å². The zero-order valence-electron chi connectivity index (χ0n) is 20.3. The summed E-state index contributed by atoms with van der Waals surface area (Å²) < 4.78 is 6.64. The Morgan fingerprint density at radius 2 is 1.65 bits per heavy atom. The Kier molecular flexibility index (Phi) is 5.56. The number of piperazine rings is 1. The second-order valence-electron chi connectivity index (χ2n) is 9.21. The molecule has 0 spiro atoms. The van der Waals surface area contributed by atoms with E-state index in [0.29, 0.717) is 16.9 Å². The molecule has 0 amide bonds. The normalized spacial score (nSPS) is 15.2. The topological polar surface area (TPSA) is 72.7 Å². The number of aryl methyl sites for hydroxylation is 3. The first-order valence-corrected chi connectivity index (χ1v) is 11.9. The minimum atomic E-state index is -0.369. The number of rotatable bonds is 4. The van der Waals surface area contributed by atoms with Crippen LogP contribution < -0.4 is 16.1 Å². The highest BCUT2D eigenvalue weighted by Gasteiger charge is 2.23. The van der Waals surface area contributed by atoms with E-state index >= 15 is 0 Å². The zero-order valence-corrected chi connectivity index (χ0v) is 21.1. The van der Waals surface area contributed by atoms with Gasteiger partial charge in [-0.15, -0.1) is 0 Å². The molecule has 10 heteroatoms. The van der Waals surface area contributed by atoms with Gasteiger partial charge in [0.2, 0.25) is 5.78 Å². The van der Waals surface area contributed by atoms with Crippen molar-refractivity contribution in [2.75, 3.05) is 37.6 Å². The van der Waals surface area contributed by atoms with Gasteiger partial charge in [-0.25, -0.2) is 4.79 Å². The van der Waals surface area contributed by atoms with Crippen molar-refractivity contribution in [3.05, 3.63) is 61.0 Å². The quantitative estimate of drug-likeness (QED) is 0.444. The SMILES string of the molecule is Cc1ccc(Cl)cc1N1CCN(CCn2c(C)c(C)n3c4c(=O)n(C)c(=O)n(C)c4nc23)CC1. The Morgan fingerprint density at radius 3 is 2.35 bits per heavy atom. The second kappa shape index (κ2) is 8.32. The lowest BCUT2D eigenvalue weighted by molar-refractivity contribution is 0.248. The molecule has 0 bridgehead atoms. The number of aromatic nitrogens is 5. The number of hydrogen-bond donors (Lipinski definition) is 0. The predicted molar refractivity (Wildman–Crippen MR) is 135 cm³/mol. The van der Waals surface area contributed by atoms with E-state index in [9.17, 15) is 9.59 Å². The highest BCUT2D eigenvalue weighted by Crippen LogP contribution is 2.25. The van der Waals surface area contributed by atoms with Gasteiger partial charge in [0.25, 0.3) is 5.56 Å². The molecule has 1 aliphatic heterocycles. The molecule has 4 heterocycles. The standard InChI is InChI=1S/C24H30ClN7O2/c1-15-6-7-18(25)14-19(15)30-11-8-29(9-12-30)10-13-31-16(2)17(3)32-20-21(26-23(31)32)27(4)24(34)28(5)22(20)33/h6-7,14H,8-13H2,1-5H3. The second-order valence-corrected chi connectivity index (χ2v) is 9.64. The van der Waals surface area contributed by atoms with Crippen molar-refractivity contribution in [1.82, 2.24) is 28.0 Å². The van der Waals surface area contributed by atoms with Crippen LogP contribution >= 0.6 is 11.6 Å². The predicted octanol–water partition coefficient (Wildman–Crippen LogP) is 2.09. The third-order valence-corrected chi connectivity index (χ3v) is 7.50. The number of halogens is 1. The number of nitrogens with zero attached hydrogens (tertiary/aromatic N) is 7. The van der Waals surface area contributed by atoms with E-state index in [1.807, 2.05) is 17.4 Å². The van der Waals surface area contributed by atoms with Crippen LogP contribution in [0.4, 0.5) is 5.69 Å². The molecule has 1 aliphatic rings. The van der Waals surface area contributed by atoms with E-state index in [4.69, 9.17) is 16.6 Å². The fourth-order valence-corrected chi connectivity index (χ4v) is 5.20. The van der Waals surface area contributed by atoms with E-state index < -0.39 is 0 Å². The minimum Gasteiger partial charge on any atom is -0.369 e. The molecular formula is C24H30ClN7O2. The number of imidazole rings is 2. The Morgan fingerprint density at radius 1 is 0.941 bits per heavy atom. The summed E-state index contributed by atoms with van der Waals surface area (Å²) in [5.41, 5.74) is 4.68. The molecule has 0 aliphatic carbocycles. The first kappa shape index (κ1) is 22.7. The van der Waals surface area contributed by atoms with Crippen LogP contribution in [0.1, 0.15) is 17.0 Å². The molecule has 34 heavy (non-hydrogen) atoms. The maximum absolute atomic E-state index is 12.9. The molecule has 0 unspecified atom stereocenters. The summed E-state index contributed by atoms with van der Waals surface area (Å²) >= 11 is 6.23. The summed E-state index contributed by atoms with van der Waals surface area (Å²) in [7, 11) is 3.16. The van der Waals surface area contributed by atoms with Crippen molar-refractivity contribution >= 4 is 34.2 Å². The number of hydrogen-bond acceptors (Lipinski definition) is 5. The lowest BCUT2D eigenvalue weighted by atomic mass is 10.1. The summed E-state index contributed by atoms with van der Waals surface area (Å²) in [4.78, 5) is 34.9. The Labute approximate surface area is 202 Å². The summed E-state index contributed by atoms with van der Waals surface area (Å²) in [6, 6.07) is 6.06. The maximum Gasteiger partial charge on any atom is 0.332 e.